The molecule has 0 unspecified atom stereocenters. The van der Waals surface area contributed by atoms with Gasteiger partial charge in [-0.2, -0.15) is 0 Å². The van der Waals surface area contributed by atoms with Crippen LogP contribution < -0.4 is 10.1 Å². The third-order valence-corrected chi connectivity index (χ3v) is 3.70. The lowest BCUT2D eigenvalue weighted by Gasteiger charge is -2.03. The predicted molar refractivity (Wildman–Crippen MR) is 83.8 cm³/mol. The quantitative estimate of drug-likeness (QED) is 0.758. The average Bonchev–Trinajstić information content (AvgIpc) is 2.96. The van der Waals surface area contributed by atoms with E-state index in [0.29, 0.717) is 5.69 Å². The summed E-state index contributed by atoms with van der Waals surface area (Å²) in [5, 5.41) is 5.78. The average molecular weight is 300 g/mol. The SMILES string of the molecule is COc1cccc(-c2csc(Nc3cccc(F)c3)n2)c1. The van der Waals surface area contributed by atoms with Crippen LogP contribution in [-0.2, 0) is 0 Å². The largest absolute Gasteiger partial charge is 0.497 e. The van der Waals surface area contributed by atoms with Crippen LogP contribution in [0.1, 0.15) is 0 Å². The van der Waals surface area contributed by atoms with E-state index in [9.17, 15) is 4.39 Å². The minimum atomic E-state index is -0.274. The Hall–Kier alpha value is -2.40. The number of nitrogens with one attached hydrogen (secondary N) is 1. The summed E-state index contributed by atoms with van der Waals surface area (Å²) >= 11 is 1.47. The zero-order valence-corrected chi connectivity index (χ0v) is 12.2. The molecule has 0 aliphatic heterocycles. The van der Waals surface area contributed by atoms with Gasteiger partial charge in [-0.05, 0) is 30.3 Å². The number of hydrogen-bond donors (Lipinski definition) is 1. The molecule has 0 bridgehead atoms. The third kappa shape index (κ3) is 3.20. The van der Waals surface area contributed by atoms with E-state index in [2.05, 4.69) is 10.3 Å². The van der Waals surface area contributed by atoms with E-state index in [-0.39, 0.29) is 5.82 Å². The summed E-state index contributed by atoms with van der Waals surface area (Å²) in [6, 6.07) is 14.0. The molecule has 0 fully saturated rings. The zero-order valence-electron chi connectivity index (χ0n) is 11.3. The second kappa shape index (κ2) is 5.93. The van der Waals surface area contributed by atoms with Crippen LogP contribution in [0.25, 0.3) is 11.3 Å². The minimum Gasteiger partial charge on any atom is -0.497 e. The lowest BCUT2D eigenvalue weighted by Crippen LogP contribution is -1.90. The van der Waals surface area contributed by atoms with Gasteiger partial charge in [0, 0.05) is 16.6 Å². The number of ether oxygens (including phenoxy) is 1. The van der Waals surface area contributed by atoms with Gasteiger partial charge in [-0.25, -0.2) is 9.37 Å². The molecule has 0 amide bonds. The maximum Gasteiger partial charge on any atom is 0.187 e. The first-order valence-electron chi connectivity index (χ1n) is 6.37. The van der Waals surface area contributed by atoms with E-state index in [1.807, 2.05) is 29.6 Å². The summed E-state index contributed by atoms with van der Waals surface area (Å²) in [6.07, 6.45) is 0. The summed E-state index contributed by atoms with van der Waals surface area (Å²) in [6.45, 7) is 0. The second-order valence-electron chi connectivity index (χ2n) is 4.41. The summed E-state index contributed by atoms with van der Waals surface area (Å²) in [7, 11) is 1.64. The van der Waals surface area contributed by atoms with E-state index in [4.69, 9.17) is 4.74 Å². The fraction of sp³-hybridized carbons (Fsp3) is 0.0625. The molecule has 0 saturated heterocycles. The van der Waals surface area contributed by atoms with Crippen molar-refractivity contribution < 1.29 is 9.13 Å². The van der Waals surface area contributed by atoms with Crippen molar-refractivity contribution in [1.29, 1.82) is 0 Å². The van der Waals surface area contributed by atoms with Crippen molar-refractivity contribution in [1.82, 2.24) is 4.98 Å². The van der Waals surface area contributed by atoms with Gasteiger partial charge in [0.2, 0.25) is 0 Å². The van der Waals surface area contributed by atoms with Crippen molar-refractivity contribution in [2.45, 2.75) is 0 Å². The molecule has 106 valence electrons. The topological polar surface area (TPSA) is 34.1 Å². The number of hydrogen-bond acceptors (Lipinski definition) is 4. The summed E-state index contributed by atoms with van der Waals surface area (Å²) in [5.41, 5.74) is 2.53. The minimum absolute atomic E-state index is 0.274. The standard InChI is InChI=1S/C16H13FN2OS/c1-20-14-7-2-4-11(8-14)15-10-21-16(19-15)18-13-6-3-5-12(17)9-13/h2-10H,1H3,(H,18,19). The Bertz CT molecular complexity index is 757. The van der Waals surface area contributed by atoms with Gasteiger partial charge in [0.05, 0.1) is 12.8 Å². The van der Waals surface area contributed by atoms with Gasteiger partial charge in [-0.1, -0.05) is 18.2 Å². The lowest BCUT2D eigenvalue weighted by molar-refractivity contribution is 0.415. The summed E-state index contributed by atoms with van der Waals surface area (Å²) in [5.74, 6) is 0.518. The number of nitrogens with zero attached hydrogens (tertiary/aromatic N) is 1. The molecule has 1 N–H and O–H groups in total. The molecule has 3 nitrogen and oxygen atoms in total. The van der Waals surface area contributed by atoms with Gasteiger partial charge >= 0.3 is 0 Å². The van der Waals surface area contributed by atoms with E-state index in [1.54, 1.807) is 19.2 Å². The van der Waals surface area contributed by atoms with Gasteiger partial charge in [-0.15, -0.1) is 11.3 Å². The lowest BCUT2D eigenvalue weighted by atomic mass is 10.2. The van der Waals surface area contributed by atoms with Crippen LogP contribution in [0.2, 0.25) is 0 Å². The van der Waals surface area contributed by atoms with Crippen molar-refractivity contribution in [2.24, 2.45) is 0 Å². The van der Waals surface area contributed by atoms with E-state index >= 15 is 0 Å². The zero-order chi connectivity index (χ0) is 14.7. The molecule has 3 rings (SSSR count). The number of aromatic nitrogens is 1. The van der Waals surface area contributed by atoms with Crippen LogP contribution in [0.4, 0.5) is 15.2 Å². The van der Waals surface area contributed by atoms with Crippen LogP contribution in [0, 0.1) is 5.82 Å². The van der Waals surface area contributed by atoms with Gasteiger partial charge in [-0.3, -0.25) is 0 Å². The predicted octanol–water partition coefficient (Wildman–Crippen LogP) is 4.70. The first kappa shape index (κ1) is 13.6. The molecular weight excluding hydrogens is 287 g/mol. The fourth-order valence-electron chi connectivity index (χ4n) is 1.94. The normalized spacial score (nSPS) is 10.4. The van der Waals surface area contributed by atoms with Gasteiger partial charge in [0.25, 0.3) is 0 Å². The third-order valence-electron chi connectivity index (χ3n) is 2.95. The number of halogens is 1. The molecule has 0 aliphatic carbocycles. The first-order chi connectivity index (χ1) is 10.2. The number of rotatable bonds is 4. The maximum atomic E-state index is 13.2. The summed E-state index contributed by atoms with van der Waals surface area (Å²) < 4.78 is 18.4. The van der Waals surface area contributed by atoms with Crippen LogP contribution >= 0.6 is 11.3 Å². The first-order valence-corrected chi connectivity index (χ1v) is 7.25. The summed E-state index contributed by atoms with van der Waals surface area (Å²) in [4.78, 5) is 4.51. The van der Waals surface area contributed by atoms with Gasteiger partial charge in [0.1, 0.15) is 11.6 Å². The highest BCUT2D eigenvalue weighted by Crippen LogP contribution is 2.29. The maximum absolute atomic E-state index is 13.2. The highest BCUT2D eigenvalue weighted by molar-refractivity contribution is 7.14. The molecule has 3 aromatic rings. The van der Waals surface area contributed by atoms with Crippen molar-refractivity contribution >= 4 is 22.2 Å². The highest BCUT2D eigenvalue weighted by Gasteiger charge is 2.06. The molecule has 0 aliphatic rings. The van der Waals surface area contributed by atoms with Gasteiger partial charge in [0.15, 0.2) is 5.13 Å². The number of thiazole rings is 1. The second-order valence-corrected chi connectivity index (χ2v) is 5.26. The number of benzene rings is 2. The molecule has 0 radical (unpaired) electrons. The molecule has 0 atom stereocenters. The van der Waals surface area contributed by atoms with Crippen molar-refractivity contribution in [3.63, 3.8) is 0 Å². The Morgan fingerprint density at radius 2 is 2.00 bits per heavy atom. The molecule has 0 saturated carbocycles. The van der Waals surface area contributed by atoms with Crippen LogP contribution in [0.3, 0.4) is 0 Å². The van der Waals surface area contributed by atoms with Crippen molar-refractivity contribution in [3.05, 3.63) is 59.7 Å². The van der Waals surface area contributed by atoms with E-state index in [0.717, 1.165) is 22.1 Å². The Kier molecular flexibility index (Phi) is 3.83. The van der Waals surface area contributed by atoms with Crippen LogP contribution in [0.15, 0.2) is 53.9 Å². The highest BCUT2D eigenvalue weighted by atomic mass is 32.1. The molecule has 1 heterocycles. The van der Waals surface area contributed by atoms with Crippen molar-refractivity contribution in [2.75, 3.05) is 12.4 Å². The fourth-order valence-corrected chi connectivity index (χ4v) is 2.68. The smallest absolute Gasteiger partial charge is 0.187 e. The van der Waals surface area contributed by atoms with E-state index < -0.39 is 0 Å². The molecular formula is C16H13FN2OS. The monoisotopic (exact) mass is 300 g/mol. The van der Waals surface area contributed by atoms with Gasteiger partial charge < -0.3 is 10.1 Å². The number of methoxy groups -OCH3 is 1. The van der Waals surface area contributed by atoms with Crippen LogP contribution in [-0.4, -0.2) is 12.1 Å². The number of anilines is 2. The Morgan fingerprint density at radius 1 is 1.14 bits per heavy atom. The molecule has 21 heavy (non-hydrogen) atoms. The van der Waals surface area contributed by atoms with E-state index in [1.165, 1.54) is 23.5 Å². The Labute approximate surface area is 126 Å². The van der Waals surface area contributed by atoms with Crippen molar-refractivity contribution in [3.8, 4) is 17.0 Å². The van der Waals surface area contributed by atoms with Crippen LogP contribution in [0.5, 0.6) is 5.75 Å². The molecule has 5 heteroatoms. The Balaban J connectivity index is 1.82. The molecule has 1 aromatic heterocycles. The molecule has 0 spiro atoms. The molecule has 2 aromatic carbocycles. The Morgan fingerprint density at radius 3 is 2.81 bits per heavy atom.